The second kappa shape index (κ2) is 8.87. The molecule has 0 aromatic heterocycles. The fourth-order valence-electron chi connectivity index (χ4n) is 1.70. The highest BCUT2D eigenvalue weighted by atomic mass is 16.4. The number of hydrogen-bond acceptors (Lipinski definition) is 8. The Kier molecular flexibility index (Phi) is 8.32. The van der Waals surface area contributed by atoms with Crippen LogP contribution in [0.3, 0.4) is 0 Å². The number of carboxylic acid groups (broad SMARTS) is 1. The number of hydrogen-bond donors (Lipinski definition) is 8. The van der Waals surface area contributed by atoms with Gasteiger partial charge in [0.2, 0.25) is 5.91 Å². The summed E-state index contributed by atoms with van der Waals surface area (Å²) in [6, 6.07) is -2.91. The van der Waals surface area contributed by atoms with Crippen LogP contribution in [0.1, 0.15) is 13.3 Å². The molecule has 21 heavy (non-hydrogen) atoms. The van der Waals surface area contributed by atoms with Crippen LogP contribution in [0.15, 0.2) is 0 Å². The fraction of sp³-hybridized carbons (Fsp3) is 0.818. The van der Waals surface area contributed by atoms with E-state index in [1.165, 1.54) is 0 Å². The Morgan fingerprint density at radius 2 is 1.62 bits per heavy atom. The molecule has 0 saturated carbocycles. The number of carboxylic acids is 1. The third kappa shape index (κ3) is 6.33. The molecule has 0 rings (SSSR count). The van der Waals surface area contributed by atoms with Gasteiger partial charge in [-0.25, -0.2) is 0 Å². The van der Waals surface area contributed by atoms with Crippen molar-refractivity contribution in [1.82, 2.24) is 5.32 Å². The molecule has 0 heterocycles. The lowest BCUT2D eigenvalue weighted by Gasteiger charge is -2.32. The summed E-state index contributed by atoms with van der Waals surface area (Å²) in [6.07, 6.45) is -7.49. The molecular formula is C11H22N2O8. The van der Waals surface area contributed by atoms with Crippen LogP contribution in [0.25, 0.3) is 0 Å². The molecule has 0 radical (unpaired) electrons. The molecule has 0 aromatic carbocycles. The van der Waals surface area contributed by atoms with Crippen LogP contribution in [0.4, 0.5) is 0 Å². The number of carbonyl (C=O) groups excluding carboxylic acids is 1. The topological polar surface area (TPSA) is 194 Å². The summed E-state index contributed by atoms with van der Waals surface area (Å²) < 4.78 is 0. The molecule has 0 fully saturated rings. The lowest BCUT2D eigenvalue weighted by Crippen LogP contribution is -2.58. The summed E-state index contributed by atoms with van der Waals surface area (Å²) in [5.41, 5.74) is 5.24. The van der Waals surface area contributed by atoms with Crippen molar-refractivity contribution in [3.63, 3.8) is 0 Å². The average Bonchev–Trinajstić information content (AvgIpc) is 2.41. The first-order valence-corrected chi connectivity index (χ1v) is 6.20. The first kappa shape index (κ1) is 19.7. The molecule has 0 bridgehead atoms. The van der Waals surface area contributed by atoms with Gasteiger partial charge in [-0.2, -0.15) is 0 Å². The third-order valence-corrected chi connectivity index (χ3v) is 2.90. The van der Waals surface area contributed by atoms with E-state index >= 15 is 0 Å². The number of rotatable bonds is 9. The first-order valence-electron chi connectivity index (χ1n) is 6.20. The van der Waals surface area contributed by atoms with Crippen molar-refractivity contribution in [3.8, 4) is 0 Å². The van der Waals surface area contributed by atoms with Gasteiger partial charge in [-0.15, -0.1) is 0 Å². The van der Waals surface area contributed by atoms with E-state index in [0.29, 0.717) is 0 Å². The SMILES string of the molecule is CC(=O)N[C@@H]([C@@H](O)[C@H](O)[C@H](O)CO)[C@H](O)CC(N)C(=O)O. The maximum atomic E-state index is 11.1. The van der Waals surface area contributed by atoms with Gasteiger partial charge in [-0.05, 0) is 0 Å². The minimum absolute atomic E-state index is 0.501. The van der Waals surface area contributed by atoms with Gasteiger partial charge in [0, 0.05) is 13.3 Å². The van der Waals surface area contributed by atoms with Gasteiger partial charge in [0.25, 0.3) is 0 Å². The summed E-state index contributed by atoms with van der Waals surface area (Å²) in [6.45, 7) is 0.230. The van der Waals surface area contributed by atoms with Crippen LogP contribution in [0.5, 0.6) is 0 Å². The normalized spacial score (nSPS) is 20.0. The second-order valence-electron chi connectivity index (χ2n) is 4.71. The Bertz CT molecular complexity index is 353. The predicted octanol–water partition coefficient (Wildman–Crippen LogP) is -4.27. The molecule has 0 aromatic rings. The Morgan fingerprint density at radius 1 is 1.10 bits per heavy atom. The Balaban J connectivity index is 5.00. The lowest BCUT2D eigenvalue weighted by molar-refractivity contribution is -0.140. The molecule has 0 aliphatic heterocycles. The Hall–Kier alpha value is -1.30. The summed E-state index contributed by atoms with van der Waals surface area (Å²) in [4.78, 5) is 21.7. The lowest BCUT2D eigenvalue weighted by atomic mass is 9.93. The number of carbonyl (C=O) groups is 2. The maximum Gasteiger partial charge on any atom is 0.320 e. The van der Waals surface area contributed by atoms with Crippen LogP contribution in [0.2, 0.25) is 0 Å². The first-order chi connectivity index (χ1) is 9.61. The Labute approximate surface area is 120 Å². The van der Waals surface area contributed by atoms with E-state index in [9.17, 15) is 30.0 Å². The van der Waals surface area contributed by atoms with Crippen molar-refractivity contribution in [2.45, 2.75) is 49.8 Å². The largest absolute Gasteiger partial charge is 0.480 e. The minimum Gasteiger partial charge on any atom is -0.480 e. The highest BCUT2D eigenvalue weighted by Gasteiger charge is 2.37. The van der Waals surface area contributed by atoms with E-state index in [-0.39, 0.29) is 0 Å². The Morgan fingerprint density at radius 3 is 2.00 bits per heavy atom. The van der Waals surface area contributed by atoms with Crippen molar-refractivity contribution in [1.29, 1.82) is 0 Å². The summed E-state index contributed by atoms with van der Waals surface area (Å²) in [5.74, 6) is -2.05. The van der Waals surface area contributed by atoms with E-state index in [2.05, 4.69) is 5.32 Å². The molecule has 6 atom stereocenters. The van der Waals surface area contributed by atoms with Gasteiger partial charge in [-0.1, -0.05) is 0 Å². The summed E-state index contributed by atoms with van der Waals surface area (Å²) >= 11 is 0. The number of aliphatic carboxylic acids is 1. The van der Waals surface area contributed by atoms with Crippen molar-refractivity contribution >= 4 is 11.9 Å². The van der Waals surface area contributed by atoms with Crippen LogP contribution in [-0.2, 0) is 9.59 Å². The molecule has 10 heteroatoms. The number of nitrogens with two attached hydrogens (primary N) is 1. The molecule has 0 aliphatic carbocycles. The van der Waals surface area contributed by atoms with Gasteiger partial charge >= 0.3 is 5.97 Å². The number of aliphatic hydroxyl groups excluding tert-OH is 5. The molecule has 0 saturated heterocycles. The number of aliphatic hydroxyl groups is 5. The summed E-state index contributed by atoms with van der Waals surface area (Å²) in [5, 5.41) is 58.1. The molecule has 0 aliphatic rings. The van der Waals surface area contributed by atoms with Gasteiger partial charge in [0.05, 0.1) is 18.8 Å². The van der Waals surface area contributed by atoms with E-state index in [1.807, 2.05) is 0 Å². The maximum absolute atomic E-state index is 11.1. The quantitative estimate of drug-likeness (QED) is 0.208. The van der Waals surface area contributed by atoms with Crippen molar-refractivity contribution in [3.05, 3.63) is 0 Å². The van der Waals surface area contributed by atoms with Crippen LogP contribution < -0.4 is 11.1 Å². The number of amides is 1. The van der Waals surface area contributed by atoms with Crippen molar-refractivity contribution < 1.29 is 40.2 Å². The zero-order chi connectivity index (χ0) is 16.7. The minimum atomic E-state index is -1.86. The van der Waals surface area contributed by atoms with E-state index in [1.54, 1.807) is 0 Å². The molecule has 0 spiro atoms. The zero-order valence-corrected chi connectivity index (χ0v) is 11.5. The van der Waals surface area contributed by atoms with Gasteiger partial charge in [0.1, 0.15) is 24.4 Å². The zero-order valence-electron chi connectivity index (χ0n) is 11.5. The highest BCUT2D eigenvalue weighted by molar-refractivity contribution is 5.74. The number of nitrogens with one attached hydrogen (secondary N) is 1. The highest BCUT2D eigenvalue weighted by Crippen LogP contribution is 2.12. The van der Waals surface area contributed by atoms with Gasteiger partial charge in [-0.3, -0.25) is 9.59 Å². The molecule has 10 nitrogen and oxygen atoms in total. The molecule has 1 unspecified atom stereocenters. The van der Waals surface area contributed by atoms with Crippen LogP contribution in [0, 0.1) is 0 Å². The van der Waals surface area contributed by atoms with Crippen LogP contribution >= 0.6 is 0 Å². The second-order valence-corrected chi connectivity index (χ2v) is 4.71. The molecule has 1 amide bonds. The predicted molar refractivity (Wildman–Crippen MR) is 68.9 cm³/mol. The molecular weight excluding hydrogens is 288 g/mol. The van der Waals surface area contributed by atoms with E-state index in [4.69, 9.17) is 15.9 Å². The van der Waals surface area contributed by atoms with Gasteiger partial charge < -0.3 is 41.7 Å². The third-order valence-electron chi connectivity index (χ3n) is 2.90. The monoisotopic (exact) mass is 310 g/mol. The van der Waals surface area contributed by atoms with E-state index in [0.717, 1.165) is 6.92 Å². The molecule has 9 N–H and O–H groups in total. The average molecular weight is 310 g/mol. The van der Waals surface area contributed by atoms with Crippen molar-refractivity contribution in [2.75, 3.05) is 6.61 Å². The molecule has 124 valence electrons. The fourth-order valence-corrected chi connectivity index (χ4v) is 1.70. The van der Waals surface area contributed by atoms with Crippen LogP contribution in [-0.4, -0.2) is 85.6 Å². The smallest absolute Gasteiger partial charge is 0.320 e. The van der Waals surface area contributed by atoms with Gasteiger partial charge in [0.15, 0.2) is 0 Å². The standard InChI is InChI=1S/C11H22N2O8/c1-4(15)13-8(6(16)2-5(12)11(20)21)10(19)9(18)7(17)3-14/h5-10,14,16-19H,2-3,12H2,1H3,(H,13,15)(H,20,21)/t5?,6-,7-,8-,9-,10-/m1/s1. The van der Waals surface area contributed by atoms with E-state index < -0.39 is 61.4 Å². The summed E-state index contributed by atoms with van der Waals surface area (Å²) in [7, 11) is 0. The van der Waals surface area contributed by atoms with Crippen molar-refractivity contribution in [2.24, 2.45) is 5.73 Å².